The van der Waals surface area contributed by atoms with Gasteiger partial charge in [-0.15, -0.1) is 0 Å². The van der Waals surface area contributed by atoms with Crippen LogP contribution in [0.25, 0.3) is 0 Å². The Balaban J connectivity index is 2.29. The Bertz CT molecular complexity index is 427. The molecule has 2 rings (SSSR count). The fourth-order valence-corrected chi connectivity index (χ4v) is 3.16. The minimum atomic E-state index is 0.226. The van der Waals surface area contributed by atoms with Crippen LogP contribution in [0, 0.1) is 6.92 Å². The summed E-state index contributed by atoms with van der Waals surface area (Å²) in [5.74, 6) is 0. The normalized spacial score (nSPS) is 19.3. The van der Waals surface area contributed by atoms with Gasteiger partial charge in [-0.05, 0) is 50.4 Å². The van der Waals surface area contributed by atoms with Gasteiger partial charge in [0.2, 0.25) is 0 Å². The van der Waals surface area contributed by atoms with E-state index < -0.39 is 0 Å². The summed E-state index contributed by atoms with van der Waals surface area (Å²) in [5, 5.41) is 4.61. The molecule has 1 fully saturated rings. The van der Waals surface area contributed by atoms with E-state index in [1.165, 1.54) is 17.7 Å². The van der Waals surface area contributed by atoms with Crippen LogP contribution in [0.2, 0.25) is 5.02 Å². The average molecular weight is 281 g/mol. The van der Waals surface area contributed by atoms with Crippen LogP contribution in [0.15, 0.2) is 18.2 Å². The van der Waals surface area contributed by atoms with Gasteiger partial charge in [-0.3, -0.25) is 0 Å². The second-order valence-electron chi connectivity index (χ2n) is 5.64. The van der Waals surface area contributed by atoms with Crippen molar-refractivity contribution < 1.29 is 0 Å². The zero-order valence-electron chi connectivity index (χ0n) is 12.3. The van der Waals surface area contributed by atoms with Gasteiger partial charge in [-0.1, -0.05) is 31.5 Å². The third-order valence-electron chi connectivity index (χ3n) is 4.39. The van der Waals surface area contributed by atoms with Crippen LogP contribution >= 0.6 is 11.6 Å². The van der Waals surface area contributed by atoms with Gasteiger partial charge in [0.05, 0.1) is 10.7 Å². The molecule has 0 bridgehead atoms. The van der Waals surface area contributed by atoms with E-state index >= 15 is 0 Å². The molecule has 1 aromatic carbocycles. The topological polar surface area (TPSA) is 15.3 Å². The van der Waals surface area contributed by atoms with Gasteiger partial charge in [0.15, 0.2) is 0 Å². The number of aryl methyl sites for hydroxylation is 1. The molecule has 1 N–H and O–H groups in total. The SMILES string of the molecule is CCC1(CC)CN(c2cc(C)ccc2Cl)CCCN1. The molecule has 0 amide bonds. The molecule has 19 heavy (non-hydrogen) atoms. The van der Waals surface area contributed by atoms with E-state index in [-0.39, 0.29) is 5.54 Å². The third kappa shape index (κ3) is 3.24. The lowest BCUT2D eigenvalue weighted by molar-refractivity contribution is 0.321. The Morgan fingerprint density at radius 1 is 1.32 bits per heavy atom. The Morgan fingerprint density at radius 2 is 2.05 bits per heavy atom. The number of halogens is 1. The molecule has 0 saturated carbocycles. The maximum Gasteiger partial charge on any atom is 0.0639 e. The molecule has 1 aliphatic rings. The molecule has 1 aromatic rings. The van der Waals surface area contributed by atoms with Crippen molar-refractivity contribution in [2.45, 2.75) is 45.6 Å². The number of rotatable bonds is 3. The monoisotopic (exact) mass is 280 g/mol. The summed E-state index contributed by atoms with van der Waals surface area (Å²) in [4.78, 5) is 2.46. The predicted octanol–water partition coefficient (Wildman–Crippen LogP) is 4.01. The zero-order valence-corrected chi connectivity index (χ0v) is 13.1. The molecule has 0 atom stereocenters. The van der Waals surface area contributed by atoms with Crippen LogP contribution in [-0.2, 0) is 0 Å². The highest BCUT2D eigenvalue weighted by Gasteiger charge is 2.30. The molecule has 3 heteroatoms. The number of benzene rings is 1. The Morgan fingerprint density at radius 3 is 2.74 bits per heavy atom. The molecular formula is C16H25ClN2. The fraction of sp³-hybridized carbons (Fsp3) is 0.625. The molecule has 2 nitrogen and oxygen atoms in total. The maximum absolute atomic E-state index is 6.40. The van der Waals surface area contributed by atoms with Crippen molar-refractivity contribution in [3.63, 3.8) is 0 Å². The van der Waals surface area contributed by atoms with Crippen LogP contribution in [0.1, 0.15) is 38.7 Å². The first kappa shape index (κ1) is 14.7. The summed E-state index contributed by atoms with van der Waals surface area (Å²) in [5.41, 5.74) is 2.69. The first-order valence-electron chi connectivity index (χ1n) is 7.36. The fourth-order valence-electron chi connectivity index (χ4n) is 2.92. The largest absolute Gasteiger partial charge is 0.368 e. The third-order valence-corrected chi connectivity index (χ3v) is 4.71. The van der Waals surface area contributed by atoms with Crippen molar-refractivity contribution in [3.8, 4) is 0 Å². The van der Waals surface area contributed by atoms with E-state index in [1.54, 1.807) is 0 Å². The van der Waals surface area contributed by atoms with Crippen LogP contribution in [0.4, 0.5) is 5.69 Å². The van der Waals surface area contributed by atoms with Crippen molar-refractivity contribution in [1.29, 1.82) is 0 Å². The van der Waals surface area contributed by atoms with Crippen molar-refractivity contribution in [2.24, 2.45) is 0 Å². The molecule has 1 aliphatic heterocycles. The van der Waals surface area contributed by atoms with Crippen molar-refractivity contribution in [2.75, 3.05) is 24.5 Å². The molecule has 0 radical (unpaired) electrons. The molecule has 0 unspecified atom stereocenters. The van der Waals surface area contributed by atoms with E-state index in [4.69, 9.17) is 11.6 Å². The number of hydrogen-bond donors (Lipinski definition) is 1. The van der Waals surface area contributed by atoms with Gasteiger partial charge in [0, 0.05) is 18.6 Å². The Hall–Kier alpha value is -0.730. The average Bonchev–Trinajstić information content (AvgIpc) is 2.64. The van der Waals surface area contributed by atoms with Gasteiger partial charge < -0.3 is 10.2 Å². The van der Waals surface area contributed by atoms with Gasteiger partial charge in [-0.25, -0.2) is 0 Å². The van der Waals surface area contributed by atoms with Crippen LogP contribution in [0.5, 0.6) is 0 Å². The van der Waals surface area contributed by atoms with Crippen molar-refractivity contribution in [1.82, 2.24) is 5.32 Å². The molecule has 0 aromatic heterocycles. The Labute approximate surface area is 122 Å². The van der Waals surface area contributed by atoms with E-state index in [9.17, 15) is 0 Å². The standard InChI is InChI=1S/C16H25ClN2/c1-4-16(5-2)12-19(10-6-9-18-16)15-11-13(3)7-8-14(15)17/h7-8,11,18H,4-6,9-10,12H2,1-3H3. The first-order chi connectivity index (χ1) is 9.10. The second kappa shape index (κ2) is 6.15. The highest BCUT2D eigenvalue weighted by Crippen LogP contribution is 2.30. The lowest BCUT2D eigenvalue weighted by atomic mass is 9.92. The summed E-state index contributed by atoms with van der Waals surface area (Å²) >= 11 is 6.40. The highest BCUT2D eigenvalue weighted by molar-refractivity contribution is 6.33. The summed E-state index contributed by atoms with van der Waals surface area (Å²) in [6.45, 7) is 9.90. The lowest BCUT2D eigenvalue weighted by Crippen LogP contribution is -2.50. The maximum atomic E-state index is 6.40. The number of hydrogen-bond acceptors (Lipinski definition) is 2. The van der Waals surface area contributed by atoms with Gasteiger partial charge in [0.25, 0.3) is 0 Å². The lowest BCUT2D eigenvalue weighted by Gasteiger charge is -2.36. The minimum Gasteiger partial charge on any atom is -0.368 e. The molecular weight excluding hydrogens is 256 g/mol. The summed E-state index contributed by atoms with van der Waals surface area (Å²) in [6, 6.07) is 6.31. The van der Waals surface area contributed by atoms with E-state index in [0.717, 1.165) is 37.5 Å². The highest BCUT2D eigenvalue weighted by atomic mass is 35.5. The van der Waals surface area contributed by atoms with Crippen LogP contribution in [0.3, 0.4) is 0 Å². The summed E-state index contributed by atoms with van der Waals surface area (Å²) in [6.07, 6.45) is 3.49. The smallest absolute Gasteiger partial charge is 0.0639 e. The van der Waals surface area contributed by atoms with Crippen molar-refractivity contribution in [3.05, 3.63) is 28.8 Å². The molecule has 0 aliphatic carbocycles. The second-order valence-corrected chi connectivity index (χ2v) is 6.05. The minimum absolute atomic E-state index is 0.226. The van der Waals surface area contributed by atoms with E-state index in [0.29, 0.717) is 0 Å². The molecule has 1 heterocycles. The quantitative estimate of drug-likeness (QED) is 0.900. The molecule has 1 saturated heterocycles. The molecule has 0 spiro atoms. The summed E-state index contributed by atoms with van der Waals surface area (Å²) < 4.78 is 0. The van der Waals surface area contributed by atoms with Gasteiger partial charge in [0.1, 0.15) is 0 Å². The first-order valence-corrected chi connectivity index (χ1v) is 7.74. The summed E-state index contributed by atoms with van der Waals surface area (Å²) in [7, 11) is 0. The Kier molecular flexibility index (Phi) is 4.75. The number of anilines is 1. The molecule has 106 valence electrons. The van der Waals surface area contributed by atoms with E-state index in [1.807, 2.05) is 6.07 Å². The number of nitrogens with one attached hydrogen (secondary N) is 1. The van der Waals surface area contributed by atoms with E-state index in [2.05, 4.69) is 43.1 Å². The predicted molar refractivity (Wildman–Crippen MR) is 84.3 cm³/mol. The number of nitrogens with zero attached hydrogens (tertiary/aromatic N) is 1. The van der Waals surface area contributed by atoms with Crippen molar-refractivity contribution >= 4 is 17.3 Å². The van der Waals surface area contributed by atoms with Crippen LogP contribution in [-0.4, -0.2) is 25.2 Å². The van der Waals surface area contributed by atoms with Gasteiger partial charge in [-0.2, -0.15) is 0 Å². The van der Waals surface area contributed by atoms with Gasteiger partial charge >= 0.3 is 0 Å². The zero-order chi connectivity index (χ0) is 13.9. The van der Waals surface area contributed by atoms with Crippen LogP contribution < -0.4 is 10.2 Å².